The number of carbonyl (C=O) groups excluding carboxylic acids is 1. The molecule has 0 saturated heterocycles. The van der Waals surface area contributed by atoms with Gasteiger partial charge in [0.1, 0.15) is 0 Å². The summed E-state index contributed by atoms with van der Waals surface area (Å²) in [6.07, 6.45) is 1.77. The number of rotatable bonds is 3. The van der Waals surface area contributed by atoms with Crippen molar-refractivity contribution < 1.29 is 89.2 Å². The Morgan fingerprint density at radius 2 is 1.19 bits per heavy atom. The van der Waals surface area contributed by atoms with Crippen LogP contribution >= 0.6 is 24.4 Å². The van der Waals surface area contributed by atoms with E-state index in [-0.39, 0.29) is 64.2 Å². The van der Waals surface area contributed by atoms with Gasteiger partial charge >= 0.3 is 80.3 Å². The molecule has 0 aliphatic rings. The first-order valence-corrected chi connectivity index (χ1v) is 8.13. The summed E-state index contributed by atoms with van der Waals surface area (Å²) in [5.74, 6) is 1.76. The predicted molar refractivity (Wildman–Crippen MR) is 76.3 cm³/mol. The number of hydrogen-bond donors (Lipinski definition) is 1. The fourth-order valence-corrected chi connectivity index (χ4v) is 0.648. The third kappa shape index (κ3) is 190. The minimum absolute atomic E-state index is 0. The molecule has 0 unspecified atom stereocenters. The van der Waals surface area contributed by atoms with Gasteiger partial charge in [-0.1, -0.05) is 11.8 Å². The van der Waals surface area contributed by atoms with Crippen molar-refractivity contribution in [2.75, 3.05) is 11.5 Å². The van der Waals surface area contributed by atoms with E-state index in [9.17, 15) is 4.79 Å². The van der Waals surface area contributed by atoms with E-state index in [0.29, 0.717) is 0 Å². The molecule has 0 heterocycles. The summed E-state index contributed by atoms with van der Waals surface area (Å²) in [4.78, 5) is 10.1. The summed E-state index contributed by atoms with van der Waals surface area (Å²) in [5, 5.41) is 0.184. The zero-order valence-corrected chi connectivity index (χ0v) is 19.6. The fourth-order valence-electron chi connectivity index (χ4n) is 0.216. The Morgan fingerprint density at radius 1 is 0.952 bits per heavy atom. The predicted octanol–water partition coefficient (Wildman–Crippen LogP) is -5.37. The maximum Gasteiger partial charge on any atom is 1.00 e. The number of hydrogen-bond acceptors (Lipinski definition) is 9. The van der Waals surface area contributed by atoms with E-state index >= 15 is 0 Å². The Kier molecular flexibility index (Phi) is 68.7. The molecular weight excluding hydrogens is 382 g/mol. The molecule has 0 radical (unpaired) electrons. The summed E-state index contributed by atoms with van der Waals surface area (Å²) < 4.78 is 50.7. The van der Waals surface area contributed by atoms with E-state index < -0.39 is 21.2 Å². The smallest absolute Gasteiger partial charge is 0.343 e. The Morgan fingerprint density at radius 3 is 1.24 bits per heavy atom. The van der Waals surface area contributed by atoms with Crippen LogP contribution in [0.1, 0.15) is 19.8 Å². The number of thiol groups is 1. The van der Waals surface area contributed by atoms with Gasteiger partial charge in [-0.3, -0.25) is 4.79 Å². The standard InChI is InChI=1S/C5H9OS.C3H7S.2Na.2O3S/c1-3-4-7-5(2)6;1-2-3-4;;;2*1-4(2)3/h1,3-4H2,2H3;4H,1-3H2;;;;/q2*-1;2*+1;;. The van der Waals surface area contributed by atoms with Crippen LogP contribution in [0.2, 0.25) is 0 Å². The second kappa shape index (κ2) is 37.7. The molecule has 0 aromatic rings. The normalized spacial score (nSPS) is 6.67. The average Bonchev–Trinajstić information content (AvgIpc) is 2.25. The van der Waals surface area contributed by atoms with Gasteiger partial charge in [-0.2, -0.15) is 25.5 Å². The van der Waals surface area contributed by atoms with Crippen LogP contribution in [0, 0.1) is 13.8 Å². The first-order chi connectivity index (χ1) is 8.65. The SMILES string of the molecule is O=S(=O)=O.O=S(=O)=O.[CH2-]CCS.[CH2-]CCSC(C)=O.[Na+].[Na+]. The van der Waals surface area contributed by atoms with E-state index in [0.717, 1.165) is 24.3 Å². The molecule has 0 aromatic heterocycles. The third-order valence-corrected chi connectivity index (χ3v) is 1.82. The van der Waals surface area contributed by atoms with Crippen LogP contribution in [0.4, 0.5) is 0 Å². The van der Waals surface area contributed by atoms with Crippen LogP contribution in [0.3, 0.4) is 0 Å². The van der Waals surface area contributed by atoms with Crippen molar-refractivity contribution in [3.63, 3.8) is 0 Å². The molecule has 21 heavy (non-hydrogen) atoms. The van der Waals surface area contributed by atoms with E-state index in [1.807, 2.05) is 0 Å². The van der Waals surface area contributed by atoms with Crippen molar-refractivity contribution in [2.24, 2.45) is 0 Å². The zero-order chi connectivity index (χ0) is 16.3. The summed E-state index contributed by atoms with van der Waals surface area (Å²) in [6, 6.07) is 0. The summed E-state index contributed by atoms with van der Waals surface area (Å²) in [6.45, 7) is 8.68. The second-order valence-corrected chi connectivity index (χ2v) is 4.71. The van der Waals surface area contributed by atoms with E-state index in [1.54, 1.807) is 6.92 Å². The van der Waals surface area contributed by atoms with E-state index in [2.05, 4.69) is 26.5 Å². The molecule has 0 bridgehead atoms. The molecule has 0 atom stereocenters. The van der Waals surface area contributed by atoms with Gasteiger partial charge < -0.3 is 13.8 Å². The van der Waals surface area contributed by atoms with Gasteiger partial charge in [0.15, 0.2) is 5.12 Å². The summed E-state index contributed by atoms with van der Waals surface area (Å²) >= 11 is 5.19. The van der Waals surface area contributed by atoms with Crippen LogP contribution in [0.15, 0.2) is 0 Å². The Labute approximate surface area is 182 Å². The molecule has 0 amide bonds. The quantitative estimate of drug-likeness (QED) is 0.284. The van der Waals surface area contributed by atoms with Crippen LogP contribution in [0.5, 0.6) is 0 Å². The zero-order valence-electron chi connectivity index (χ0n) is 12.3. The first kappa shape index (κ1) is 38.3. The Bertz CT molecular complexity index is 346. The topological polar surface area (TPSA) is 119 Å². The Hall–Kier alpha value is 1.61. The van der Waals surface area contributed by atoms with E-state index in [1.165, 1.54) is 11.8 Å². The maximum atomic E-state index is 10.1. The van der Waals surface area contributed by atoms with Crippen molar-refractivity contribution in [3.8, 4) is 0 Å². The molecule has 0 spiro atoms. The minimum atomic E-state index is -3.11. The van der Waals surface area contributed by atoms with Crippen LogP contribution in [-0.4, -0.2) is 41.9 Å². The van der Waals surface area contributed by atoms with Crippen molar-refractivity contribution in [2.45, 2.75) is 19.8 Å². The third-order valence-electron chi connectivity index (χ3n) is 0.608. The molecule has 0 fully saturated rings. The van der Waals surface area contributed by atoms with Crippen molar-refractivity contribution in [3.05, 3.63) is 13.8 Å². The molecule has 0 saturated carbocycles. The van der Waals surface area contributed by atoms with Gasteiger partial charge in [0.25, 0.3) is 0 Å². The van der Waals surface area contributed by atoms with Crippen LogP contribution in [-0.2, 0) is 26.0 Å². The molecule has 0 N–H and O–H groups in total. The Balaban J connectivity index is -0.0000000359. The van der Waals surface area contributed by atoms with Crippen LogP contribution < -0.4 is 59.1 Å². The van der Waals surface area contributed by atoms with Gasteiger partial charge in [-0.05, 0) is 11.5 Å². The van der Waals surface area contributed by atoms with E-state index in [4.69, 9.17) is 25.3 Å². The van der Waals surface area contributed by atoms with Gasteiger partial charge in [-0.25, -0.2) is 0 Å². The minimum Gasteiger partial charge on any atom is -0.343 e. The molecule has 7 nitrogen and oxygen atoms in total. The fraction of sp³-hybridized carbons (Fsp3) is 0.625. The molecule has 0 aliphatic carbocycles. The van der Waals surface area contributed by atoms with Gasteiger partial charge in [0, 0.05) is 6.92 Å². The molecule has 0 rings (SSSR count). The molecule has 0 aromatic carbocycles. The largest absolute Gasteiger partial charge is 1.00 e. The van der Waals surface area contributed by atoms with Gasteiger partial charge in [0.2, 0.25) is 0 Å². The van der Waals surface area contributed by atoms with Crippen molar-refractivity contribution >= 4 is 50.7 Å². The van der Waals surface area contributed by atoms with Crippen molar-refractivity contribution in [1.82, 2.24) is 0 Å². The summed E-state index contributed by atoms with van der Waals surface area (Å²) in [7, 11) is -6.22. The molecule has 0 aliphatic heterocycles. The molecule has 13 heteroatoms. The number of carbonyl (C=O) groups is 1. The van der Waals surface area contributed by atoms with Crippen molar-refractivity contribution in [1.29, 1.82) is 0 Å². The van der Waals surface area contributed by atoms with Gasteiger partial charge in [-0.15, -0.1) is 25.3 Å². The molecule has 116 valence electrons. The van der Waals surface area contributed by atoms with Crippen LogP contribution in [0.25, 0.3) is 0 Å². The maximum absolute atomic E-state index is 10.1. The van der Waals surface area contributed by atoms with Gasteiger partial charge in [0.05, 0.1) is 0 Å². The monoisotopic (exact) mass is 398 g/mol. The second-order valence-electron chi connectivity index (χ2n) is 2.18. The summed E-state index contributed by atoms with van der Waals surface area (Å²) in [5.41, 5.74) is 0. The molecular formula is C8H16Na2O7S4. The number of thioether (sulfide) groups is 1. The first-order valence-electron chi connectivity index (χ1n) is 4.51. The average molecular weight is 398 g/mol.